The zero-order chi connectivity index (χ0) is 14.0. The molecule has 4 aliphatic carbocycles. The van der Waals surface area contributed by atoms with E-state index in [1.165, 1.54) is 39.2 Å². The number of fused-ring (bicyclic) bond motifs is 2. The number of esters is 1. The zero-order valence-electron chi connectivity index (χ0n) is 12.0. The van der Waals surface area contributed by atoms with Crippen LogP contribution >= 0.6 is 0 Å². The van der Waals surface area contributed by atoms with Gasteiger partial charge in [-0.3, -0.25) is 4.79 Å². The van der Waals surface area contributed by atoms with Crippen molar-refractivity contribution in [1.29, 1.82) is 0 Å². The van der Waals surface area contributed by atoms with Gasteiger partial charge in [0.05, 0.1) is 7.11 Å². The molecule has 4 fully saturated rings. The van der Waals surface area contributed by atoms with Gasteiger partial charge in [-0.15, -0.1) is 0 Å². The first-order chi connectivity index (χ1) is 9.04. The summed E-state index contributed by atoms with van der Waals surface area (Å²) in [6.07, 6.45) is 7.71. The van der Waals surface area contributed by atoms with Crippen LogP contribution in [0, 0.1) is 23.7 Å². The second-order valence-electron chi connectivity index (χ2n) is 6.14. The van der Waals surface area contributed by atoms with Crippen LogP contribution < -0.4 is 0 Å². The molecule has 2 unspecified atom stereocenters. The van der Waals surface area contributed by atoms with Crippen molar-refractivity contribution >= 4 is 11.8 Å². The van der Waals surface area contributed by atoms with Crippen molar-refractivity contribution in [2.24, 2.45) is 23.7 Å². The number of carbonyl (C=O) groups is 2. The lowest BCUT2D eigenvalue weighted by Crippen LogP contribution is -2.39. The number of hydrogen-bond donors (Lipinski definition) is 0. The van der Waals surface area contributed by atoms with Crippen molar-refractivity contribution in [1.82, 2.24) is 0 Å². The van der Waals surface area contributed by atoms with Gasteiger partial charge >= 0.3 is 5.97 Å². The Morgan fingerprint density at radius 1 is 1.16 bits per heavy atom. The molecule has 0 aliphatic heterocycles. The van der Waals surface area contributed by atoms with Crippen molar-refractivity contribution in [2.45, 2.75) is 45.4 Å². The van der Waals surface area contributed by atoms with Crippen LogP contribution in [-0.4, -0.2) is 18.9 Å². The van der Waals surface area contributed by atoms with Gasteiger partial charge < -0.3 is 4.74 Å². The van der Waals surface area contributed by atoms with E-state index in [-0.39, 0.29) is 5.97 Å². The number of methoxy groups -OCH3 is 1. The highest BCUT2D eigenvalue weighted by atomic mass is 16.5. The number of carbonyl (C=O) groups excluding carboxylic acids is 2. The molecule has 4 rings (SSSR count). The molecule has 0 amide bonds. The Morgan fingerprint density at radius 3 is 2.16 bits per heavy atom. The second-order valence-corrected chi connectivity index (χ2v) is 6.14. The number of Topliss-reactive ketones (excluding diaryl/α,β-unsaturated/α-hetero) is 1. The van der Waals surface area contributed by atoms with Gasteiger partial charge in [0.25, 0.3) is 0 Å². The smallest absolute Gasteiger partial charge is 0.332 e. The monoisotopic (exact) mass is 264 g/mol. The third-order valence-corrected chi connectivity index (χ3v) is 5.02. The molecule has 0 aromatic carbocycles. The summed E-state index contributed by atoms with van der Waals surface area (Å²) in [5.74, 6) is 3.35. The van der Waals surface area contributed by atoms with E-state index in [0.29, 0.717) is 17.3 Å². The van der Waals surface area contributed by atoms with Crippen molar-refractivity contribution in [3.8, 4) is 0 Å². The summed E-state index contributed by atoms with van der Waals surface area (Å²) in [5, 5.41) is 0. The molecule has 0 heterocycles. The lowest BCUT2D eigenvalue weighted by atomic mass is 9.60. The van der Waals surface area contributed by atoms with Gasteiger partial charge in [-0.2, -0.15) is 0 Å². The average molecular weight is 264 g/mol. The molecule has 4 saturated carbocycles. The first kappa shape index (κ1) is 14.3. The Morgan fingerprint density at radius 2 is 1.74 bits per heavy atom. The Balaban J connectivity index is 0.000000167. The van der Waals surface area contributed by atoms with E-state index < -0.39 is 0 Å². The predicted molar refractivity (Wildman–Crippen MR) is 73.5 cm³/mol. The van der Waals surface area contributed by atoms with Gasteiger partial charge in [-0.25, -0.2) is 4.79 Å². The molecule has 3 heteroatoms. The average Bonchev–Trinajstić information content (AvgIpc) is 2.84. The van der Waals surface area contributed by atoms with Gasteiger partial charge in [0.15, 0.2) is 0 Å². The normalized spacial score (nSPS) is 35.2. The summed E-state index contributed by atoms with van der Waals surface area (Å²) in [4.78, 5) is 21.8. The van der Waals surface area contributed by atoms with Crippen LogP contribution in [0.4, 0.5) is 0 Å². The molecule has 0 aromatic rings. The molecule has 0 aromatic heterocycles. The van der Waals surface area contributed by atoms with Gasteiger partial charge in [-0.05, 0) is 56.8 Å². The summed E-state index contributed by atoms with van der Waals surface area (Å²) >= 11 is 0. The van der Waals surface area contributed by atoms with Crippen molar-refractivity contribution in [2.75, 3.05) is 7.11 Å². The van der Waals surface area contributed by atoms with E-state index in [1.807, 2.05) is 0 Å². The van der Waals surface area contributed by atoms with Crippen molar-refractivity contribution in [3.63, 3.8) is 0 Å². The highest BCUT2D eigenvalue weighted by molar-refractivity contribution is 5.86. The standard InChI is InChI=1S/C11H16O.C5H8O2/c12-10-6-5-9-7-1-3-8(4-2-7)11(9)10;1-4(2)5(6)7-3/h7-9,11H,1-6H2;1H2,2-3H3. The van der Waals surface area contributed by atoms with Crippen LogP contribution in [0.1, 0.15) is 45.4 Å². The highest BCUT2D eigenvalue weighted by Gasteiger charge is 2.49. The lowest BCUT2D eigenvalue weighted by molar-refractivity contribution is -0.136. The maximum atomic E-state index is 11.6. The first-order valence-corrected chi connectivity index (χ1v) is 7.31. The van der Waals surface area contributed by atoms with E-state index in [0.717, 1.165) is 24.2 Å². The number of hydrogen-bond acceptors (Lipinski definition) is 3. The zero-order valence-corrected chi connectivity index (χ0v) is 12.0. The topological polar surface area (TPSA) is 43.4 Å². The largest absolute Gasteiger partial charge is 0.466 e. The Bertz CT molecular complexity index is 377. The summed E-state index contributed by atoms with van der Waals surface area (Å²) in [5.41, 5.74) is 0.433. The quantitative estimate of drug-likeness (QED) is 0.540. The molecule has 2 atom stereocenters. The summed E-state index contributed by atoms with van der Waals surface area (Å²) in [6, 6.07) is 0. The summed E-state index contributed by atoms with van der Waals surface area (Å²) in [6.45, 7) is 4.95. The van der Waals surface area contributed by atoms with E-state index in [4.69, 9.17) is 0 Å². The highest BCUT2D eigenvalue weighted by Crippen LogP contribution is 2.54. The van der Waals surface area contributed by atoms with Crippen molar-refractivity contribution in [3.05, 3.63) is 12.2 Å². The lowest BCUT2D eigenvalue weighted by Gasteiger charge is -2.44. The van der Waals surface area contributed by atoms with E-state index in [9.17, 15) is 9.59 Å². The van der Waals surface area contributed by atoms with Gasteiger partial charge in [0.1, 0.15) is 5.78 Å². The Hall–Kier alpha value is -1.12. The van der Waals surface area contributed by atoms with Crippen LogP contribution in [0.3, 0.4) is 0 Å². The number of rotatable bonds is 1. The molecule has 0 N–H and O–H groups in total. The molecule has 0 spiro atoms. The fourth-order valence-electron chi connectivity index (χ4n) is 4.14. The second kappa shape index (κ2) is 5.89. The maximum Gasteiger partial charge on any atom is 0.332 e. The summed E-state index contributed by atoms with van der Waals surface area (Å²) in [7, 11) is 1.33. The van der Waals surface area contributed by atoms with E-state index >= 15 is 0 Å². The molecule has 0 saturated heterocycles. The molecular weight excluding hydrogens is 240 g/mol. The van der Waals surface area contributed by atoms with Crippen LogP contribution in [0.15, 0.2) is 12.2 Å². The molecule has 106 valence electrons. The molecule has 0 radical (unpaired) electrons. The molecule has 2 bridgehead atoms. The fraction of sp³-hybridized carbons (Fsp3) is 0.750. The third kappa shape index (κ3) is 2.90. The minimum Gasteiger partial charge on any atom is -0.466 e. The minimum atomic E-state index is -0.347. The third-order valence-electron chi connectivity index (χ3n) is 5.02. The van der Waals surface area contributed by atoms with Crippen LogP contribution in [0.2, 0.25) is 0 Å². The Labute approximate surface area is 115 Å². The predicted octanol–water partition coefficient (Wildman–Crippen LogP) is 3.14. The van der Waals surface area contributed by atoms with Gasteiger partial charge in [-0.1, -0.05) is 6.58 Å². The number of ether oxygens (including phenoxy) is 1. The van der Waals surface area contributed by atoms with E-state index in [1.54, 1.807) is 6.92 Å². The Kier molecular flexibility index (Phi) is 4.43. The van der Waals surface area contributed by atoms with Gasteiger partial charge in [0, 0.05) is 17.9 Å². The van der Waals surface area contributed by atoms with E-state index in [2.05, 4.69) is 11.3 Å². The SMILES string of the molecule is C=C(C)C(=O)OC.O=C1CCC2C3CCC(CC3)C12. The number of ketones is 1. The first-order valence-electron chi connectivity index (χ1n) is 7.31. The van der Waals surface area contributed by atoms with Crippen LogP contribution in [0.25, 0.3) is 0 Å². The van der Waals surface area contributed by atoms with Crippen LogP contribution in [-0.2, 0) is 14.3 Å². The molecule has 19 heavy (non-hydrogen) atoms. The molecular formula is C16H24O3. The van der Waals surface area contributed by atoms with Crippen molar-refractivity contribution < 1.29 is 14.3 Å². The minimum absolute atomic E-state index is 0.347. The maximum absolute atomic E-state index is 11.6. The fourth-order valence-corrected chi connectivity index (χ4v) is 4.14. The van der Waals surface area contributed by atoms with Crippen LogP contribution in [0.5, 0.6) is 0 Å². The summed E-state index contributed by atoms with van der Waals surface area (Å²) < 4.78 is 4.27. The molecule has 4 aliphatic rings. The molecule has 3 nitrogen and oxygen atoms in total. The van der Waals surface area contributed by atoms with Gasteiger partial charge in [0.2, 0.25) is 0 Å².